The van der Waals surface area contributed by atoms with E-state index in [0.29, 0.717) is 24.6 Å². The Hall–Kier alpha value is -3.85. The van der Waals surface area contributed by atoms with Crippen LogP contribution in [0.1, 0.15) is 37.3 Å². The number of aromatic nitrogens is 1. The van der Waals surface area contributed by atoms with Crippen LogP contribution in [0.4, 0.5) is 5.13 Å². The maximum atomic E-state index is 12.5. The van der Waals surface area contributed by atoms with Gasteiger partial charge in [0.05, 0.1) is 18.0 Å². The van der Waals surface area contributed by atoms with Gasteiger partial charge in [-0.3, -0.25) is 14.4 Å². The number of thiazole rings is 1. The number of amides is 3. The van der Waals surface area contributed by atoms with Crippen LogP contribution >= 0.6 is 11.3 Å². The first-order valence-corrected chi connectivity index (χ1v) is 11.9. The standard InChI is InChI=1S/C25H25N5O3S/c1-17(31)26-15-18-7-9-20(10-8-18)22-16-34-25(27-22)28-23(32)11-12-24(33)30-14-13-21(29-30)19-5-3-2-4-6-19/h2-10,16H,11-15H2,1H3,(H,26,31)(H,27,28,32). The van der Waals surface area contributed by atoms with E-state index in [4.69, 9.17) is 0 Å². The van der Waals surface area contributed by atoms with E-state index in [-0.39, 0.29) is 30.6 Å². The largest absolute Gasteiger partial charge is 0.352 e. The molecule has 0 saturated carbocycles. The van der Waals surface area contributed by atoms with Crippen molar-refractivity contribution in [3.05, 3.63) is 71.1 Å². The summed E-state index contributed by atoms with van der Waals surface area (Å²) >= 11 is 1.33. The zero-order valence-corrected chi connectivity index (χ0v) is 19.6. The smallest absolute Gasteiger partial charge is 0.243 e. The molecule has 0 spiro atoms. The molecule has 1 aromatic heterocycles. The molecule has 8 nitrogen and oxygen atoms in total. The second kappa shape index (κ2) is 10.8. The number of carbonyl (C=O) groups excluding carboxylic acids is 3. The predicted octanol–water partition coefficient (Wildman–Crippen LogP) is 3.80. The van der Waals surface area contributed by atoms with E-state index in [1.165, 1.54) is 23.3 Å². The number of hydrazone groups is 1. The zero-order chi connectivity index (χ0) is 23.9. The van der Waals surface area contributed by atoms with Crippen molar-refractivity contribution in [3.8, 4) is 11.3 Å². The van der Waals surface area contributed by atoms with Gasteiger partial charge in [-0.05, 0) is 11.1 Å². The van der Waals surface area contributed by atoms with Crippen molar-refractivity contribution in [1.82, 2.24) is 15.3 Å². The van der Waals surface area contributed by atoms with Crippen LogP contribution in [0.2, 0.25) is 0 Å². The van der Waals surface area contributed by atoms with Crippen LogP contribution < -0.4 is 10.6 Å². The topological polar surface area (TPSA) is 104 Å². The predicted molar refractivity (Wildman–Crippen MR) is 132 cm³/mol. The van der Waals surface area contributed by atoms with Crippen LogP contribution in [-0.2, 0) is 20.9 Å². The summed E-state index contributed by atoms with van der Waals surface area (Å²) in [6.07, 6.45) is 0.863. The fourth-order valence-corrected chi connectivity index (χ4v) is 4.22. The van der Waals surface area contributed by atoms with Crippen molar-refractivity contribution in [3.63, 3.8) is 0 Å². The van der Waals surface area contributed by atoms with Gasteiger partial charge in [0, 0.05) is 43.7 Å². The van der Waals surface area contributed by atoms with Gasteiger partial charge < -0.3 is 10.6 Å². The molecule has 0 saturated heterocycles. The van der Waals surface area contributed by atoms with Gasteiger partial charge >= 0.3 is 0 Å². The lowest BCUT2D eigenvalue weighted by Crippen LogP contribution is -2.24. The first kappa shape index (κ1) is 23.3. The molecule has 3 aromatic rings. The average Bonchev–Trinajstić information content (AvgIpc) is 3.52. The highest BCUT2D eigenvalue weighted by Gasteiger charge is 2.22. The molecule has 0 unspecified atom stereocenters. The Kier molecular flexibility index (Phi) is 7.44. The maximum absolute atomic E-state index is 12.5. The van der Waals surface area contributed by atoms with Crippen LogP contribution in [0.25, 0.3) is 11.3 Å². The van der Waals surface area contributed by atoms with Gasteiger partial charge in [0.25, 0.3) is 0 Å². The number of hydrogen-bond donors (Lipinski definition) is 2. The van der Waals surface area contributed by atoms with E-state index in [2.05, 4.69) is 20.7 Å². The molecule has 0 fully saturated rings. The van der Waals surface area contributed by atoms with Crippen molar-refractivity contribution in [2.75, 3.05) is 11.9 Å². The van der Waals surface area contributed by atoms with Crippen LogP contribution in [0, 0.1) is 0 Å². The number of carbonyl (C=O) groups is 3. The van der Waals surface area contributed by atoms with Crippen LogP contribution in [0.15, 0.2) is 65.1 Å². The lowest BCUT2D eigenvalue weighted by atomic mass is 10.1. The fraction of sp³-hybridized carbons (Fsp3) is 0.240. The molecule has 0 aliphatic carbocycles. The van der Waals surface area contributed by atoms with Gasteiger partial charge in [-0.1, -0.05) is 54.6 Å². The fourth-order valence-electron chi connectivity index (χ4n) is 3.49. The highest BCUT2D eigenvalue weighted by atomic mass is 32.1. The molecule has 9 heteroatoms. The maximum Gasteiger partial charge on any atom is 0.243 e. The van der Waals surface area contributed by atoms with Crippen LogP contribution in [0.3, 0.4) is 0 Å². The molecule has 2 aromatic carbocycles. The lowest BCUT2D eigenvalue weighted by Gasteiger charge is -2.10. The van der Waals surface area contributed by atoms with Gasteiger partial charge in [-0.15, -0.1) is 11.3 Å². The molecule has 34 heavy (non-hydrogen) atoms. The van der Waals surface area contributed by atoms with E-state index in [0.717, 1.165) is 28.1 Å². The summed E-state index contributed by atoms with van der Waals surface area (Å²) in [6, 6.07) is 17.5. The summed E-state index contributed by atoms with van der Waals surface area (Å²) in [5.41, 5.74) is 4.56. The summed E-state index contributed by atoms with van der Waals surface area (Å²) in [4.78, 5) is 40.3. The molecule has 0 bridgehead atoms. The van der Waals surface area contributed by atoms with E-state index >= 15 is 0 Å². The van der Waals surface area contributed by atoms with Gasteiger partial charge in [0.15, 0.2) is 5.13 Å². The highest BCUT2D eigenvalue weighted by molar-refractivity contribution is 7.14. The molecular formula is C25H25N5O3S. The molecule has 1 aliphatic rings. The van der Waals surface area contributed by atoms with Gasteiger partial charge in [-0.2, -0.15) is 5.10 Å². The van der Waals surface area contributed by atoms with Gasteiger partial charge in [-0.25, -0.2) is 9.99 Å². The summed E-state index contributed by atoms with van der Waals surface area (Å²) in [7, 11) is 0. The number of nitrogens with zero attached hydrogens (tertiary/aromatic N) is 3. The zero-order valence-electron chi connectivity index (χ0n) is 18.8. The lowest BCUT2D eigenvalue weighted by molar-refractivity contribution is -0.132. The summed E-state index contributed by atoms with van der Waals surface area (Å²) in [5.74, 6) is -0.498. The molecule has 2 N–H and O–H groups in total. The van der Waals surface area contributed by atoms with Crippen molar-refractivity contribution in [2.45, 2.75) is 32.7 Å². The Morgan fingerprint density at radius 2 is 1.76 bits per heavy atom. The Bertz CT molecular complexity index is 1200. The third kappa shape index (κ3) is 6.14. The molecule has 0 radical (unpaired) electrons. The second-order valence-corrected chi connectivity index (χ2v) is 8.73. The molecular weight excluding hydrogens is 450 g/mol. The molecule has 2 heterocycles. The number of benzene rings is 2. The Balaban J connectivity index is 1.26. The van der Waals surface area contributed by atoms with E-state index in [1.54, 1.807) is 0 Å². The minimum atomic E-state index is -0.258. The Labute approximate surface area is 201 Å². The number of nitrogens with one attached hydrogen (secondary N) is 2. The van der Waals surface area contributed by atoms with Crippen LogP contribution in [0.5, 0.6) is 0 Å². The van der Waals surface area contributed by atoms with Crippen molar-refractivity contribution in [2.24, 2.45) is 5.10 Å². The second-order valence-electron chi connectivity index (χ2n) is 7.87. The minimum Gasteiger partial charge on any atom is -0.352 e. The molecule has 174 valence electrons. The quantitative estimate of drug-likeness (QED) is 0.517. The third-order valence-electron chi connectivity index (χ3n) is 5.30. The Morgan fingerprint density at radius 3 is 2.50 bits per heavy atom. The number of hydrogen-bond acceptors (Lipinski definition) is 6. The van der Waals surface area contributed by atoms with Crippen LogP contribution in [-0.4, -0.2) is 40.0 Å². The van der Waals surface area contributed by atoms with E-state index in [9.17, 15) is 14.4 Å². The van der Waals surface area contributed by atoms with Gasteiger partial charge in [0.1, 0.15) is 0 Å². The molecule has 0 atom stereocenters. The summed E-state index contributed by atoms with van der Waals surface area (Å²) in [5, 5.41) is 13.8. The highest BCUT2D eigenvalue weighted by Crippen LogP contribution is 2.25. The minimum absolute atomic E-state index is 0.0677. The van der Waals surface area contributed by atoms with Crippen molar-refractivity contribution < 1.29 is 14.4 Å². The molecule has 1 aliphatic heterocycles. The normalized spacial score (nSPS) is 12.9. The van der Waals surface area contributed by atoms with Crippen molar-refractivity contribution in [1.29, 1.82) is 0 Å². The first-order chi connectivity index (χ1) is 16.5. The summed E-state index contributed by atoms with van der Waals surface area (Å²) < 4.78 is 0. The van der Waals surface area contributed by atoms with Crippen molar-refractivity contribution >= 4 is 39.9 Å². The monoisotopic (exact) mass is 475 g/mol. The number of anilines is 1. The molecule has 4 rings (SSSR count). The summed E-state index contributed by atoms with van der Waals surface area (Å²) in [6.45, 7) is 2.49. The average molecular weight is 476 g/mol. The Morgan fingerprint density at radius 1 is 1.00 bits per heavy atom. The van der Waals surface area contributed by atoms with Gasteiger partial charge in [0.2, 0.25) is 17.7 Å². The molecule has 3 amide bonds. The van der Waals surface area contributed by atoms with E-state index < -0.39 is 0 Å². The van der Waals surface area contributed by atoms with E-state index in [1.807, 2.05) is 60.0 Å². The third-order valence-corrected chi connectivity index (χ3v) is 6.06. The first-order valence-electron chi connectivity index (χ1n) is 11.0. The number of rotatable bonds is 8. The SMILES string of the molecule is CC(=O)NCc1ccc(-c2csc(NC(=O)CCC(=O)N3CCC(c4ccccc4)=N3)n2)cc1.